The summed E-state index contributed by atoms with van der Waals surface area (Å²) < 4.78 is 32.9. The van der Waals surface area contributed by atoms with Gasteiger partial charge in [-0.15, -0.1) is 0 Å². The minimum absolute atomic E-state index is 0.113. The second kappa shape index (κ2) is 11.3. The molecule has 7 nitrogen and oxygen atoms in total. The van der Waals surface area contributed by atoms with Gasteiger partial charge < -0.3 is 10.1 Å². The number of rotatable bonds is 7. The van der Waals surface area contributed by atoms with Gasteiger partial charge in [0.15, 0.2) is 0 Å². The molecule has 2 aliphatic rings. The van der Waals surface area contributed by atoms with Crippen LogP contribution in [0.2, 0.25) is 0 Å². The molecule has 0 unspecified atom stereocenters. The molecular weight excluding hydrogens is 450 g/mol. The van der Waals surface area contributed by atoms with Crippen LogP contribution in [-0.2, 0) is 16.6 Å². The summed E-state index contributed by atoms with van der Waals surface area (Å²) in [4.78, 5) is 15.4. The van der Waals surface area contributed by atoms with Gasteiger partial charge in [-0.05, 0) is 56.0 Å². The zero-order chi connectivity index (χ0) is 24.0. The number of sulfonamides is 1. The number of hydrogen-bond donors (Lipinski definition) is 1. The predicted molar refractivity (Wildman–Crippen MR) is 132 cm³/mol. The van der Waals surface area contributed by atoms with Crippen LogP contribution in [0.15, 0.2) is 53.4 Å². The second-order valence-corrected chi connectivity index (χ2v) is 11.1. The van der Waals surface area contributed by atoms with Crippen molar-refractivity contribution in [3.63, 3.8) is 0 Å². The van der Waals surface area contributed by atoms with Gasteiger partial charge in [-0.25, -0.2) is 8.42 Å². The van der Waals surface area contributed by atoms with Crippen LogP contribution < -0.4 is 10.1 Å². The van der Waals surface area contributed by atoms with Gasteiger partial charge in [-0.1, -0.05) is 31.0 Å². The molecule has 0 aliphatic carbocycles. The van der Waals surface area contributed by atoms with E-state index in [1.165, 1.54) is 5.56 Å². The molecule has 8 heteroatoms. The van der Waals surface area contributed by atoms with Crippen molar-refractivity contribution in [1.29, 1.82) is 0 Å². The van der Waals surface area contributed by atoms with Gasteiger partial charge in [0, 0.05) is 49.9 Å². The number of nitrogens with one attached hydrogen (secondary N) is 1. The highest BCUT2D eigenvalue weighted by atomic mass is 32.2. The minimum atomic E-state index is -3.50. The van der Waals surface area contributed by atoms with Crippen LogP contribution in [0.25, 0.3) is 0 Å². The van der Waals surface area contributed by atoms with Crippen molar-refractivity contribution in [2.24, 2.45) is 0 Å². The van der Waals surface area contributed by atoms with Crippen molar-refractivity contribution >= 4 is 15.9 Å². The molecule has 1 N–H and O–H groups in total. The third kappa shape index (κ3) is 5.98. The number of carbonyl (C=O) groups excluding carboxylic acids is 1. The molecule has 2 aromatic rings. The number of carbonyl (C=O) groups is 1. The SMILES string of the molecule is COc1ccccc1CN1CCC(NC(=O)c2ccc(S(=O)(=O)N3CCCCCC3)cc2)CC1. The van der Waals surface area contributed by atoms with E-state index in [0.29, 0.717) is 18.7 Å². The third-order valence-electron chi connectivity index (χ3n) is 6.83. The maximum absolute atomic E-state index is 13.0. The van der Waals surface area contributed by atoms with Crippen molar-refractivity contribution in [3.8, 4) is 5.75 Å². The monoisotopic (exact) mass is 485 g/mol. The third-order valence-corrected chi connectivity index (χ3v) is 8.74. The van der Waals surface area contributed by atoms with Crippen molar-refractivity contribution in [2.75, 3.05) is 33.3 Å². The quantitative estimate of drug-likeness (QED) is 0.648. The van der Waals surface area contributed by atoms with Crippen molar-refractivity contribution in [1.82, 2.24) is 14.5 Å². The summed E-state index contributed by atoms with van der Waals surface area (Å²) >= 11 is 0. The minimum Gasteiger partial charge on any atom is -0.496 e. The molecule has 0 radical (unpaired) electrons. The molecule has 0 spiro atoms. The Hall–Kier alpha value is -2.42. The Labute approximate surface area is 203 Å². The molecule has 2 aliphatic heterocycles. The summed E-state index contributed by atoms with van der Waals surface area (Å²) in [6.07, 6.45) is 5.70. The van der Waals surface area contributed by atoms with E-state index in [2.05, 4.69) is 16.3 Å². The lowest BCUT2D eigenvalue weighted by Gasteiger charge is -2.32. The molecule has 0 saturated carbocycles. The Bertz CT molecular complexity index is 1060. The smallest absolute Gasteiger partial charge is 0.251 e. The van der Waals surface area contributed by atoms with Crippen LogP contribution in [0.5, 0.6) is 5.75 Å². The van der Waals surface area contributed by atoms with E-state index in [4.69, 9.17) is 4.74 Å². The van der Waals surface area contributed by atoms with Crippen molar-refractivity contribution in [3.05, 3.63) is 59.7 Å². The first-order valence-corrected chi connectivity index (χ1v) is 13.7. The van der Waals surface area contributed by atoms with E-state index in [0.717, 1.165) is 63.9 Å². The second-order valence-electron chi connectivity index (χ2n) is 9.18. The van der Waals surface area contributed by atoms with Crippen LogP contribution in [0.3, 0.4) is 0 Å². The number of methoxy groups -OCH3 is 1. The molecule has 0 atom stereocenters. The lowest BCUT2D eigenvalue weighted by atomic mass is 10.0. The Morgan fingerprint density at radius 1 is 0.941 bits per heavy atom. The molecule has 34 heavy (non-hydrogen) atoms. The van der Waals surface area contributed by atoms with Gasteiger partial charge in [0.25, 0.3) is 5.91 Å². The van der Waals surface area contributed by atoms with Gasteiger partial charge in [0.05, 0.1) is 12.0 Å². The number of likely N-dealkylation sites (tertiary alicyclic amines) is 1. The Balaban J connectivity index is 1.29. The maximum Gasteiger partial charge on any atom is 0.251 e. The lowest BCUT2D eigenvalue weighted by molar-refractivity contribution is 0.0908. The zero-order valence-electron chi connectivity index (χ0n) is 19.9. The summed E-state index contributed by atoms with van der Waals surface area (Å²) in [5.74, 6) is 0.751. The van der Waals surface area contributed by atoms with E-state index < -0.39 is 10.0 Å². The number of para-hydroxylation sites is 1. The zero-order valence-corrected chi connectivity index (χ0v) is 20.7. The Morgan fingerprint density at radius 2 is 1.59 bits per heavy atom. The van der Waals surface area contributed by atoms with E-state index in [9.17, 15) is 13.2 Å². The maximum atomic E-state index is 13.0. The van der Waals surface area contributed by atoms with Gasteiger partial charge in [-0.2, -0.15) is 4.31 Å². The number of amides is 1. The molecule has 184 valence electrons. The Morgan fingerprint density at radius 3 is 2.24 bits per heavy atom. The molecule has 4 rings (SSSR count). The molecule has 0 bridgehead atoms. The summed E-state index contributed by atoms with van der Waals surface area (Å²) in [6, 6.07) is 14.5. The number of benzene rings is 2. The summed E-state index contributed by atoms with van der Waals surface area (Å²) in [5.41, 5.74) is 1.66. The molecule has 2 aromatic carbocycles. The number of piperidine rings is 1. The average molecular weight is 486 g/mol. The Kier molecular flexibility index (Phi) is 8.24. The standard InChI is InChI=1S/C26H35N3O4S/c1-33-25-9-5-4-8-22(25)20-28-18-14-23(15-19-28)27-26(30)21-10-12-24(13-11-21)34(31,32)29-16-6-2-3-7-17-29/h4-5,8-13,23H,2-3,6-7,14-20H2,1H3,(H,27,30). The fraction of sp³-hybridized carbons (Fsp3) is 0.500. The van der Waals surface area contributed by atoms with Crippen molar-refractivity contribution < 1.29 is 17.9 Å². The summed E-state index contributed by atoms with van der Waals surface area (Å²) in [7, 11) is -1.81. The van der Waals surface area contributed by atoms with E-state index in [-0.39, 0.29) is 16.8 Å². The molecule has 2 fully saturated rings. The van der Waals surface area contributed by atoms with E-state index in [1.807, 2.05) is 18.2 Å². The van der Waals surface area contributed by atoms with E-state index in [1.54, 1.807) is 35.7 Å². The lowest BCUT2D eigenvalue weighted by Crippen LogP contribution is -2.44. The summed E-state index contributed by atoms with van der Waals surface area (Å²) in [6.45, 7) is 3.77. The molecule has 0 aromatic heterocycles. The number of nitrogens with zero attached hydrogens (tertiary/aromatic N) is 2. The highest BCUT2D eigenvalue weighted by Crippen LogP contribution is 2.23. The van der Waals surface area contributed by atoms with Gasteiger partial charge in [-0.3, -0.25) is 9.69 Å². The molecule has 2 heterocycles. The molecule has 1 amide bonds. The number of ether oxygens (including phenoxy) is 1. The van der Waals surface area contributed by atoms with E-state index >= 15 is 0 Å². The predicted octanol–water partition coefficient (Wildman–Crippen LogP) is 3.65. The van der Waals surface area contributed by atoms with Crippen LogP contribution in [0.4, 0.5) is 0 Å². The highest BCUT2D eigenvalue weighted by Gasteiger charge is 2.26. The van der Waals surface area contributed by atoms with Crippen LogP contribution in [0, 0.1) is 0 Å². The summed E-state index contributed by atoms with van der Waals surface area (Å²) in [5, 5.41) is 3.12. The topological polar surface area (TPSA) is 79.0 Å². The normalized spacial score (nSPS) is 18.9. The van der Waals surface area contributed by atoms with Gasteiger partial charge in [0.2, 0.25) is 10.0 Å². The largest absolute Gasteiger partial charge is 0.496 e. The fourth-order valence-electron chi connectivity index (χ4n) is 4.79. The first-order valence-electron chi connectivity index (χ1n) is 12.2. The average Bonchev–Trinajstić information content (AvgIpc) is 3.16. The van der Waals surface area contributed by atoms with Gasteiger partial charge in [0.1, 0.15) is 5.75 Å². The number of hydrogen-bond acceptors (Lipinski definition) is 5. The van der Waals surface area contributed by atoms with Crippen LogP contribution >= 0.6 is 0 Å². The highest BCUT2D eigenvalue weighted by molar-refractivity contribution is 7.89. The molecule has 2 saturated heterocycles. The van der Waals surface area contributed by atoms with Gasteiger partial charge >= 0.3 is 0 Å². The molecular formula is C26H35N3O4S. The van der Waals surface area contributed by atoms with Crippen LogP contribution in [-0.4, -0.2) is 62.9 Å². The fourth-order valence-corrected chi connectivity index (χ4v) is 6.31. The van der Waals surface area contributed by atoms with Crippen LogP contribution in [0.1, 0.15) is 54.4 Å². The van der Waals surface area contributed by atoms with Crippen molar-refractivity contribution in [2.45, 2.75) is 56.0 Å². The first-order chi connectivity index (χ1) is 16.5. The first kappa shape index (κ1) is 24.7.